The molecule has 0 saturated carbocycles. The van der Waals surface area contributed by atoms with Crippen LogP contribution in [0.3, 0.4) is 0 Å². The third kappa shape index (κ3) is 5.09. The van der Waals surface area contributed by atoms with Gasteiger partial charge >= 0.3 is 0 Å². The van der Waals surface area contributed by atoms with Gasteiger partial charge in [-0.25, -0.2) is 0 Å². The first-order valence-corrected chi connectivity index (χ1v) is 8.85. The monoisotopic (exact) mass is 354 g/mol. The van der Waals surface area contributed by atoms with Crippen LogP contribution in [0.4, 0.5) is 5.69 Å². The number of hydrogen-bond donors (Lipinski definition) is 2. The summed E-state index contributed by atoms with van der Waals surface area (Å²) in [4.78, 5) is 24.9. The van der Waals surface area contributed by atoms with Crippen molar-refractivity contribution in [2.75, 3.05) is 5.32 Å². The first kappa shape index (κ1) is 19.5. The molecule has 2 amide bonds. The van der Waals surface area contributed by atoms with Crippen molar-refractivity contribution in [2.24, 2.45) is 0 Å². The molecule has 0 aliphatic carbocycles. The predicted molar refractivity (Wildman–Crippen MR) is 104 cm³/mol. The summed E-state index contributed by atoms with van der Waals surface area (Å²) in [6, 6.07) is 14.6. The molecule has 2 N–H and O–H groups in total. The van der Waals surface area contributed by atoms with E-state index >= 15 is 0 Å². The topological polar surface area (TPSA) is 67.4 Å². The van der Waals surface area contributed by atoms with Crippen LogP contribution in [0.2, 0.25) is 0 Å². The van der Waals surface area contributed by atoms with Crippen molar-refractivity contribution in [3.63, 3.8) is 0 Å². The van der Waals surface area contributed by atoms with Crippen molar-refractivity contribution in [1.82, 2.24) is 5.32 Å². The minimum Gasteiger partial charge on any atom is -0.481 e. The number of ether oxygens (including phenoxy) is 1. The fourth-order valence-electron chi connectivity index (χ4n) is 2.36. The number of aryl methyl sites for hydroxylation is 1. The lowest BCUT2D eigenvalue weighted by atomic mass is 10.1. The average molecular weight is 354 g/mol. The van der Waals surface area contributed by atoms with Crippen LogP contribution >= 0.6 is 0 Å². The molecule has 0 heterocycles. The number of rotatable bonds is 7. The maximum absolute atomic E-state index is 12.5. The summed E-state index contributed by atoms with van der Waals surface area (Å²) in [6.45, 7) is 7.55. The van der Waals surface area contributed by atoms with Crippen molar-refractivity contribution in [1.29, 1.82) is 0 Å². The number of nitrogens with one attached hydrogen (secondary N) is 2. The van der Waals surface area contributed by atoms with Crippen molar-refractivity contribution in [3.05, 3.63) is 59.7 Å². The Balaban J connectivity index is 2.09. The lowest BCUT2D eigenvalue weighted by Gasteiger charge is -2.18. The van der Waals surface area contributed by atoms with Crippen molar-refractivity contribution in [2.45, 2.75) is 46.3 Å². The third-order valence-electron chi connectivity index (χ3n) is 4.19. The minimum atomic E-state index is -0.693. The van der Waals surface area contributed by atoms with Crippen molar-refractivity contribution >= 4 is 17.5 Å². The Labute approximate surface area is 154 Å². The van der Waals surface area contributed by atoms with E-state index in [0.29, 0.717) is 17.0 Å². The molecule has 2 rings (SSSR count). The van der Waals surface area contributed by atoms with Crippen LogP contribution in [0.15, 0.2) is 48.5 Å². The summed E-state index contributed by atoms with van der Waals surface area (Å²) < 4.78 is 5.75. The van der Waals surface area contributed by atoms with E-state index in [4.69, 9.17) is 4.74 Å². The van der Waals surface area contributed by atoms with E-state index in [-0.39, 0.29) is 17.9 Å². The Bertz CT molecular complexity index is 773. The van der Waals surface area contributed by atoms with Gasteiger partial charge in [-0.2, -0.15) is 0 Å². The first-order chi connectivity index (χ1) is 12.4. The smallest absolute Gasteiger partial charge is 0.265 e. The highest BCUT2D eigenvalue weighted by Crippen LogP contribution is 2.20. The van der Waals surface area contributed by atoms with Crippen molar-refractivity contribution < 1.29 is 14.3 Å². The number of hydrogen-bond acceptors (Lipinski definition) is 3. The zero-order valence-corrected chi connectivity index (χ0v) is 15.7. The highest BCUT2D eigenvalue weighted by molar-refractivity contribution is 6.04. The van der Waals surface area contributed by atoms with E-state index in [1.54, 1.807) is 31.2 Å². The zero-order valence-electron chi connectivity index (χ0n) is 15.7. The van der Waals surface area contributed by atoms with E-state index in [1.165, 1.54) is 0 Å². The molecule has 138 valence electrons. The SMILES string of the molecule is CCC(C)NC(=O)c1ccccc1NC(=O)C(C)Oc1ccccc1C. The zero-order chi connectivity index (χ0) is 19.1. The van der Waals surface area contributed by atoms with Crippen LogP contribution in [0.25, 0.3) is 0 Å². The summed E-state index contributed by atoms with van der Waals surface area (Å²) >= 11 is 0. The number of benzene rings is 2. The molecule has 0 aromatic heterocycles. The first-order valence-electron chi connectivity index (χ1n) is 8.85. The lowest BCUT2D eigenvalue weighted by Crippen LogP contribution is -2.34. The lowest BCUT2D eigenvalue weighted by molar-refractivity contribution is -0.122. The van der Waals surface area contributed by atoms with E-state index in [0.717, 1.165) is 12.0 Å². The Morgan fingerprint density at radius 3 is 2.38 bits per heavy atom. The van der Waals surface area contributed by atoms with Crippen LogP contribution in [-0.4, -0.2) is 24.0 Å². The molecular formula is C21H26N2O3. The molecule has 5 nitrogen and oxygen atoms in total. The molecule has 0 spiro atoms. The van der Waals surface area contributed by atoms with Gasteiger partial charge in [0.15, 0.2) is 6.10 Å². The number of para-hydroxylation sites is 2. The van der Waals surface area contributed by atoms with Gasteiger partial charge in [0, 0.05) is 6.04 Å². The number of anilines is 1. The molecule has 0 aliphatic heterocycles. The van der Waals surface area contributed by atoms with E-state index in [1.807, 2.05) is 45.0 Å². The maximum atomic E-state index is 12.5. The van der Waals surface area contributed by atoms with Crippen LogP contribution in [0.1, 0.15) is 43.1 Å². The largest absolute Gasteiger partial charge is 0.481 e. The second kappa shape index (κ2) is 9.04. The Morgan fingerprint density at radius 2 is 1.69 bits per heavy atom. The molecule has 2 aromatic carbocycles. The Hall–Kier alpha value is -2.82. The molecule has 5 heteroatoms. The van der Waals surface area contributed by atoms with Gasteiger partial charge in [-0.05, 0) is 51.0 Å². The Kier molecular flexibility index (Phi) is 6.78. The third-order valence-corrected chi connectivity index (χ3v) is 4.19. The van der Waals surface area contributed by atoms with Gasteiger partial charge in [0.05, 0.1) is 11.3 Å². The number of carbonyl (C=O) groups is 2. The average Bonchev–Trinajstić information content (AvgIpc) is 2.63. The summed E-state index contributed by atoms with van der Waals surface area (Å²) in [7, 11) is 0. The molecule has 0 bridgehead atoms. The fraction of sp³-hybridized carbons (Fsp3) is 0.333. The number of amides is 2. The summed E-state index contributed by atoms with van der Waals surface area (Å²) in [6.07, 6.45) is 0.142. The molecule has 2 unspecified atom stereocenters. The van der Waals surface area contributed by atoms with Gasteiger partial charge in [0.25, 0.3) is 11.8 Å². The highest BCUT2D eigenvalue weighted by Gasteiger charge is 2.19. The maximum Gasteiger partial charge on any atom is 0.265 e. The minimum absolute atomic E-state index is 0.0644. The molecule has 26 heavy (non-hydrogen) atoms. The van der Waals surface area contributed by atoms with Crippen LogP contribution < -0.4 is 15.4 Å². The summed E-state index contributed by atoms with van der Waals surface area (Å²) in [5, 5.41) is 5.71. The highest BCUT2D eigenvalue weighted by atomic mass is 16.5. The predicted octanol–water partition coefficient (Wildman–Crippen LogP) is 3.93. The molecule has 0 aliphatic rings. The van der Waals surface area contributed by atoms with Gasteiger partial charge in [-0.15, -0.1) is 0 Å². The van der Waals surface area contributed by atoms with Gasteiger partial charge in [0.2, 0.25) is 0 Å². The molecule has 0 saturated heterocycles. The van der Waals surface area contributed by atoms with Gasteiger partial charge in [-0.3, -0.25) is 9.59 Å². The normalized spacial score (nSPS) is 12.8. The second-order valence-electron chi connectivity index (χ2n) is 6.34. The fourth-order valence-corrected chi connectivity index (χ4v) is 2.36. The van der Waals surface area contributed by atoms with Gasteiger partial charge in [0.1, 0.15) is 5.75 Å². The van der Waals surface area contributed by atoms with Crippen LogP contribution in [0, 0.1) is 6.92 Å². The van der Waals surface area contributed by atoms with E-state index < -0.39 is 6.10 Å². The standard InChI is InChI=1S/C21H26N2O3/c1-5-15(3)22-21(25)17-11-7-8-12-18(17)23-20(24)16(4)26-19-13-9-6-10-14(19)2/h6-13,15-16H,5H2,1-4H3,(H,22,25)(H,23,24). The summed E-state index contributed by atoms with van der Waals surface area (Å²) in [5.74, 6) is 0.151. The molecule has 0 radical (unpaired) electrons. The molecule has 2 aromatic rings. The van der Waals surface area contributed by atoms with E-state index in [2.05, 4.69) is 10.6 Å². The van der Waals surface area contributed by atoms with Gasteiger partial charge < -0.3 is 15.4 Å². The molecule has 0 fully saturated rings. The quantitative estimate of drug-likeness (QED) is 0.792. The number of carbonyl (C=O) groups excluding carboxylic acids is 2. The Morgan fingerprint density at radius 1 is 1.04 bits per heavy atom. The van der Waals surface area contributed by atoms with Crippen molar-refractivity contribution in [3.8, 4) is 5.75 Å². The molecular weight excluding hydrogens is 328 g/mol. The van der Waals surface area contributed by atoms with Crippen LogP contribution in [0.5, 0.6) is 5.75 Å². The summed E-state index contributed by atoms with van der Waals surface area (Å²) in [5.41, 5.74) is 1.86. The molecule has 2 atom stereocenters. The van der Waals surface area contributed by atoms with Crippen LogP contribution in [-0.2, 0) is 4.79 Å². The second-order valence-corrected chi connectivity index (χ2v) is 6.34. The van der Waals surface area contributed by atoms with Gasteiger partial charge in [-0.1, -0.05) is 37.3 Å². The van der Waals surface area contributed by atoms with E-state index in [9.17, 15) is 9.59 Å².